The molecule has 4 rings (SSSR count). The van der Waals surface area contributed by atoms with Crippen LogP contribution in [0.3, 0.4) is 0 Å². The maximum absolute atomic E-state index is 13.0. The van der Waals surface area contributed by atoms with Crippen LogP contribution in [0.1, 0.15) is 43.7 Å². The highest BCUT2D eigenvalue weighted by Gasteiger charge is 2.52. The second kappa shape index (κ2) is 9.97. The fraction of sp³-hybridized carbons (Fsp3) is 0.444. The van der Waals surface area contributed by atoms with E-state index in [2.05, 4.69) is 46.7 Å². The number of hydrogen-bond donors (Lipinski definition) is 2. The summed E-state index contributed by atoms with van der Waals surface area (Å²) in [6.45, 7) is 3.10. The first-order valence-electron chi connectivity index (χ1n) is 12.0. The minimum Gasteiger partial charge on any atom is -0.350 e. The van der Waals surface area contributed by atoms with Crippen molar-refractivity contribution in [1.82, 2.24) is 20.4 Å². The van der Waals surface area contributed by atoms with Crippen LogP contribution < -0.4 is 10.6 Å². The molecule has 2 aliphatic rings. The monoisotopic (exact) mass is 462 g/mol. The molecule has 0 radical (unpaired) electrons. The van der Waals surface area contributed by atoms with Crippen LogP contribution in [0.25, 0.3) is 11.1 Å². The number of benzene rings is 2. The minimum atomic E-state index is -0.824. The van der Waals surface area contributed by atoms with Gasteiger partial charge in [-0.05, 0) is 68.0 Å². The van der Waals surface area contributed by atoms with Crippen LogP contribution in [-0.4, -0.2) is 53.8 Å². The van der Waals surface area contributed by atoms with Gasteiger partial charge in [-0.3, -0.25) is 14.5 Å². The zero-order valence-corrected chi connectivity index (χ0v) is 20.3. The van der Waals surface area contributed by atoms with E-state index in [0.717, 1.165) is 41.0 Å². The van der Waals surface area contributed by atoms with Crippen LogP contribution in [0.4, 0.5) is 4.79 Å². The van der Waals surface area contributed by atoms with Crippen LogP contribution >= 0.6 is 0 Å². The average molecular weight is 463 g/mol. The van der Waals surface area contributed by atoms with Gasteiger partial charge in [-0.1, -0.05) is 55.5 Å². The number of rotatable bonds is 7. The molecule has 4 amide bonds. The molecule has 0 atom stereocenters. The van der Waals surface area contributed by atoms with Crippen molar-refractivity contribution in [3.05, 3.63) is 59.7 Å². The Bertz CT molecular complexity index is 1060. The number of nitrogens with one attached hydrogen (secondary N) is 2. The summed E-state index contributed by atoms with van der Waals surface area (Å²) >= 11 is 0. The zero-order chi connectivity index (χ0) is 24.3. The van der Waals surface area contributed by atoms with E-state index in [1.165, 1.54) is 5.56 Å². The number of urea groups is 1. The van der Waals surface area contributed by atoms with Gasteiger partial charge in [-0.25, -0.2) is 4.79 Å². The summed E-state index contributed by atoms with van der Waals surface area (Å²) in [5.74, 6) is -0.0597. The quantitative estimate of drug-likeness (QED) is 0.617. The largest absolute Gasteiger partial charge is 0.350 e. The molecule has 1 aliphatic heterocycles. The molecule has 1 saturated carbocycles. The SMILES string of the molecule is CC1CCC2(CC1)NC(=O)N(CC(=O)NCc1ccccc1-c1ccc(CN(C)C)cc1)C2=O. The van der Waals surface area contributed by atoms with E-state index in [-0.39, 0.29) is 18.4 Å². The molecule has 34 heavy (non-hydrogen) atoms. The Morgan fingerprint density at radius 3 is 2.44 bits per heavy atom. The Balaban J connectivity index is 1.38. The van der Waals surface area contributed by atoms with Gasteiger partial charge < -0.3 is 15.5 Å². The van der Waals surface area contributed by atoms with E-state index < -0.39 is 11.6 Å². The summed E-state index contributed by atoms with van der Waals surface area (Å²) in [6.07, 6.45) is 3.08. The van der Waals surface area contributed by atoms with Gasteiger partial charge in [0.2, 0.25) is 5.91 Å². The molecule has 2 aromatic rings. The first kappa shape index (κ1) is 24.0. The highest BCUT2D eigenvalue weighted by atomic mass is 16.2. The lowest BCUT2D eigenvalue weighted by Crippen LogP contribution is -2.49. The predicted octanol–water partition coefficient (Wildman–Crippen LogP) is 3.53. The summed E-state index contributed by atoms with van der Waals surface area (Å²) in [5.41, 5.74) is 3.51. The number of hydrogen-bond acceptors (Lipinski definition) is 4. The van der Waals surface area contributed by atoms with Crippen molar-refractivity contribution in [3.8, 4) is 11.1 Å². The van der Waals surface area contributed by atoms with E-state index in [4.69, 9.17) is 0 Å². The molecule has 2 fully saturated rings. The topological polar surface area (TPSA) is 81.8 Å². The third kappa shape index (κ3) is 5.14. The molecular formula is C27H34N4O3. The number of nitrogens with zero attached hydrogens (tertiary/aromatic N) is 2. The molecule has 1 heterocycles. The molecule has 2 N–H and O–H groups in total. The number of amides is 4. The smallest absolute Gasteiger partial charge is 0.325 e. The molecule has 0 bridgehead atoms. The van der Waals surface area contributed by atoms with E-state index in [1.54, 1.807) is 0 Å². The Hall–Kier alpha value is -3.19. The summed E-state index contributed by atoms with van der Waals surface area (Å²) in [4.78, 5) is 41.4. The van der Waals surface area contributed by atoms with Gasteiger partial charge in [0.1, 0.15) is 12.1 Å². The van der Waals surface area contributed by atoms with Gasteiger partial charge in [-0.15, -0.1) is 0 Å². The summed E-state index contributed by atoms with van der Waals surface area (Å²) < 4.78 is 0. The van der Waals surface area contributed by atoms with Crippen molar-refractivity contribution in [2.24, 2.45) is 5.92 Å². The Morgan fingerprint density at radius 2 is 1.76 bits per heavy atom. The van der Waals surface area contributed by atoms with Gasteiger partial charge >= 0.3 is 6.03 Å². The average Bonchev–Trinajstić information content (AvgIpc) is 3.04. The Labute approximate surface area is 201 Å². The van der Waals surface area contributed by atoms with E-state index in [9.17, 15) is 14.4 Å². The van der Waals surface area contributed by atoms with Gasteiger partial charge in [0.05, 0.1) is 0 Å². The molecule has 0 aromatic heterocycles. The van der Waals surface area contributed by atoms with Crippen LogP contribution in [0.2, 0.25) is 0 Å². The highest BCUT2D eigenvalue weighted by Crippen LogP contribution is 2.36. The van der Waals surface area contributed by atoms with Crippen molar-refractivity contribution in [2.45, 2.75) is 51.2 Å². The van der Waals surface area contributed by atoms with Gasteiger partial charge in [0.15, 0.2) is 0 Å². The van der Waals surface area contributed by atoms with Gasteiger partial charge in [-0.2, -0.15) is 0 Å². The second-order valence-corrected chi connectivity index (χ2v) is 9.95. The Kier molecular flexibility index (Phi) is 7.03. The maximum atomic E-state index is 13.0. The summed E-state index contributed by atoms with van der Waals surface area (Å²) in [6, 6.07) is 15.9. The number of carbonyl (C=O) groups excluding carboxylic acids is 3. The lowest BCUT2D eigenvalue weighted by Gasteiger charge is -2.33. The number of carbonyl (C=O) groups is 3. The third-order valence-electron chi connectivity index (χ3n) is 6.93. The zero-order valence-electron chi connectivity index (χ0n) is 20.3. The molecule has 180 valence electrons. The minimum absolute atomic E-state index is 0.261. The Morgan fingerprint density at radius 1 is 1.09 bits per heavy atom. The number of imide groups is 1. The van der Waals surface area contributed by atoms with Crippen molar-refractivity contribution in [2.75, 3.05) is 20.6 Å². The normalized spacial score (nSPS) is 22.4. The van der Waals surface area contributed by atoms with Crippen LogP contribution in [0, 0.1) is 5.92 Å². The standard InChI is InChI=1S/C27H34N4O3/c1-19-12-14-27(15-13-19)25(33)31(26(34)29-27)18-24(32)28-16-22-6-4-5-7-23(22)21-10-8-20(9-11-21)17-30(2)3/h4-11,19H,12-18H2,1-3H3,(H,28,32)(H,29,34). The molecule has 2 aromatic carbocycles. The molecule has 1 aliphatic carbocycles. The molecular weight excluding hydrogens is 428 g/mol. The van der Waals surface area contributed by atoms with Crippen LogP contribution in [-0.2, 0) is 22.7 Å². The lowest BCUT2D eigenvalue weighted by atomic mass is 9.77. The van der Waals surface area contributed by atoms with Crippen LogP contribution in [0.15, 0.2) is 48.5 Å². The van der Waals surface area contributed by atoms with Gasteiger partial charge in [0, 0.05) is 13.1 Å². The van der Waals surface area contributed by atoms with E-state index >= 15 is 0 Å². The first-order chi connectivity index (χ1) is 16.3. The molecule has 1 spiro atoms. The first-order valence-corrected chi connectivity index (χ1v) is 12.0. The maximum Gasteiger partial charge on any atom is 0.325 e. The lowest BCUT2D eigenvalue weighted by molar-refractivity contribution is -0.136. The molecule has 0 unspecified atom stereocenters. The van der Waals surface area contributed by atoms with Gasteiger partial charge in [0.25, 0.3) is 5.91 Å². The van der Waals surface area contributed by atoms with E-state index in [0.29, 0.717) is 25.3 Å². The molecule has 7 nitrogen and oxygen atoms in total. The summed E-state index contributed by atoms with van der Waals surface area (Å²) in [7, 11) is 4.08. The predicted molar refractivity (Wildman–Crippen MR) is 132 cm³/mol. The highest BCUT2D eigenvalue weighted by molar-refractivity contribution is 6.09. The van der Waals surface area contributed by atoms with E-state index in [1.807, 2.05) is 38.4 Å². The molecule has 7 heteroatoms. The fourth-order valence-corrected chi connectivity index (χ4v) is 4.92. The fourth-order valence-electron chi connectivity index (χ4n) is 4.92. The van der Waals surface area contributed by atoms with Crippen LogP contribution in [0.5, 0.6) is 0 Å². The van der Waals surface area contributed by atoms with Crippen molar-refractivity contribution >= 4 is 17.8 Å². The summed E-state index contributed by atoms with van der Waals surface area (Å²) in [5, 5.41) is 5.76. The van der Waals surface area contributed by atoms with Crippen molar-refractivity contribution < 1.29 is 14.4 Å². The van der Waals surface area contributed by atoms with Crippen molar-refractivity contribution in [3.63, 3.8) is 0 Å². The molecule has 1 saturated heterocycles. The second-order valence-electron chi connectivity index (χ2n) is 9.95. The van der Waals surface area contributed by atoms with Crippen molar-refractivity contribution in [1.29, 1.82) is 0 Å². The third-order valence-corrected chi connectivity index (χ3v) is 6.93.